The molecule has 3 heterocycles. The Morgan fingerprint density at radius 1 is 1.29 bits per heavy atom. The Morgan fingerprint density at radius 3 is 2.96 bits per heavy atom. The zero-order valence-electron chi connectivity index (χ0n) is 15.5. The number of amides is 2. The summed E-state index contributed by atoms with van der Waals surface area (Å²) in [5, 5.41) is 8.81. The molecule has 146 valence electrons. The Labute approximate surface area is 170 Å². The van der Waals surface area contributed by atoms with Gasteiger partial charge in [-0.2, -0.15) is 0 Å². The SMILES string of the molecule is CNC(=O)Cc1csc(NC(=O)C2CCCN(c3nc4ccccc4s3)C2)n1. The first-order chi connectivity index (χ1) is 13.6. The second kappa shape index (κ2) is 8.24. The minimum atomic E-state index is -0.105. The smallest absolute Gasteiger partial charge is 0.231 e. The van der Waals surface area contributed by atoms with Gasteiger partial charge in [-0.05, 0) is 25.0 Å². The van der Waals surface area contributed by atoms with Crippen LogP contribution in [-0.4, -0.2) is 41.9 Å². The lowest BCUT2D eigenvalue weighted by Crippen LogP contribution is -2.40. The van der Waals surface area contributed by atoms with Crippen molar-refractivity contribution < 1.29 is 9.59 Å². The molecule has 1 aromatic carbocycles. The van der Waals surface area contributed by atoms with Gasteiger partial charge in [0.2, 0.25) is 11.8 Å². The van der Waals surface area contributed by atoms with E-state index in [2.05, 4.69) is 26.6 Å². The Morgan fingerprint density at radius 2 is 2.14 bits per heavy atom. The Balaban J connectivity index is 1.40. The van der Waals surface area contributed by atoms with Gasteiger partial charge in [0.15, 0.2) is 10.3 Å². The van der Waals surface area contributed by atoms with E-state index in [-0.39, 0.29) is 24.2 Å². The quantitative estimate of drug-likeness (QED) is 0.669. The molecule has 2 N–H and O–H groups in total. The van der Waals surface area contributed by atoms with Crippen molar-refractivity contribution in [2.45, 2.75) is 19.3 Å². The number of fused-ring (bicyclic) bond motifs is 1. The molecular weight excluding hydrogens is 394 g/mol. The topological polar surface area (TPSA) is 87.2 Å². The number of benzene rings is 1. The van der Waals surface area contributed by atoms with E-state index >= 15 is 0 Å². The van der Waals surface area contributed by atoms with E-state index in [1.807, 2.05) is 18.2 Å². The monoisotopic (exact) mass is 415 g/mol. The molecule has 0 spiro atoms. The summed E-state index contributed by atoms with van der Waals surface area (Å²) in [6.45, 7) is 1.57. The van der Waals surface area contributed by atoms with Gasteiger partial charge in [0, 0.05) is 25.5 Å². The number of para-hydroxylation sites is 1. The van der Waals surface area contributed by atoms with Crippen LogP contribution >= 0.6 is 22.7 Å². The minimum Gasteiger partial charge on any atom is -0.359 e. The van der Waals surface area contributed by atoms with Crippen LogP contribution in [0.5, 0.6) is 0 Å². The lowest BCUT2D eigenvalue weighted by molar-refractivity contribution is -0.120. The summed E-state index contributed by atoms with van der Waals surface area (Å²) in [6, 6.07) is 8.10. The van der Waals surface area contributed by atoms with Crippen molar-refractivity contribution in [3.05, 3.63) is 35.3 Å². The molecule has 2 aromatic heterocycles. The maximum Gasteiger partial charge on any atom is 0.231 e. The number of aromatic nitrogens is 2. The molecule has 1 saturated heterocycles. The van der Waals surface area contributed by atoms with Crippen molar-refractivity contribution in [3.8, 4) is 0 Å². The second-order valence-electron chi connectivity index (χ2n) is 6.73. The lowest BCUT2D eigenvalue weighted by atomic mass is 9.97. The first kappa shape index (κ1) is 18.8. The standard InChI is InChI=1S/C19H21N5O2S2/c1-20-16(25)9-13-11-27-18(21-13)23-17(26)12-5-4-8-24(10-12)19-22-14-6-2-3-7-15(14)28-19/h2-3,6-7,11-12H,4-5,8-10H2,1H3,(H,20,25)(H,21,23,26). The molecule has 0 radical (unpaired) electrons. The van der Waals surface area contributed by atoms with E-state index in [4.69, 9.17) is 4.98 Å². The summed E-state index contributed by atoms with van der Waals surface area (Å²) in [4.78, 5) is 35.5. The summed E-state index contributed by atoms with van der Waals surface area (Å²) >= 11 is 3.02. The van der Waals surface area contributed by atoms with Gasteiger partial charge in [-0.3, -0.25) is 9.59 Å². The van der Waals surface area contributed by atoms with Crippen molar-refractivity contribution in [1.29, 1.82) is 0 Å². The van der Waals surface area contributed by atoms with Crippen LogP contribution < -0.4 is 15.5 Å². The van der Waals surface area contributed by atoms with Crippen molar-refractivity contribution in [2.75, 3.05) is 30.4 Å². The van der Waals surface area contributed by atoms with E-state index in [1.165, 1.54) is 11.3 Å². The van der Waals surface area contributed by atoms with Gasteiger partial charge in [-0.25, -0.2) is 9.97 Å². The van der Waals surface area contributed by atoms with Gasteiger partial charge < -0.3 is 15.5 Å². The Kier molecular flexibility index (Phi) is 5.54. The van der Waals surface area contributed by atoms with E-state index in [1.54, 1.807) is 23.8 Å². The number of anilines is 2. The fourth-order valence-corrected chi connectivity index (χ4v) is 4.98. The van der Waals surface area contributed by atoms with Crippen molar-refractivity contribution >= 4 is 55.0 Å². The van der Waals surface area contributed by atoms with Crippen LogP contribution in [0.1, 0.15) is 18.5 Å². The molecule has 1 fully saturated rings. The normalized spacial score (nSPS) is 16.9. The molecule has 9 heteroatoms. The second-order valence-corrected chi connectivity index (χ2v) is 8.60. The largest absolute Gasteiger partial charge is 0.359 e. The molecule has 2 amide bonds. The van der Waals surface area contributed by atoms with Crippen LogP contribution in [0.25, 0.3) is 10.2 Å². The maximum absolute atomic E-state index is 12.7. The van der Waals surface area contributed by atoms with Crippen LogP contribution in [0.15, 0.2) is 29.6 Å². The van der Waals surface area contributed by atoms with E-state index in [0.29, 0.717) is 17.4 Å². The first-order valence-electron chi connectivity index (χ1n) is 9.19. The molecule has 7 nitrogen and oxygen atoms in total. The van der Waals surface area contributed by atoms with Crippen LogP contribution in [-0.2, 0) is 16.0 Å². The Hall–Kier alpha value is -2.52. The minimum absolute atomic E-state index is 0.0216. The van der Waals surface area contributed by atoms with Gasteiger partial charge in [-0.15, -0.1) is 11.3 Å². The summed E-state index contributed by atoms with van der Waals surface area (Å²) in [5.74, 6) is -0.222. The summed E-state index contributed by atoms with van der Waals surface area (Å²) < 4.78 is 1.16. The average Bonchev–Trinajstić information content (AvgIpc) is 3.34. The number of hydrogen-bond donors (Lipinski definition) is 2. The third-order valence-corrected chi connectivity index (χ3v) is 6.65. The number of nitrogens with one attached hydrogen (secondary N) is 2. The fourth-order valence-electron chi connectivity index (χ4n) is 3.27. The number of thiazole rings is 2. The zero-order chi connectivity index (χ0) is 19.5. The third-order valence-electron chi connectivity index (χ3n) is 4.75. The summed E-state index contributed by atoms with van der Waals surface area (Å²) in [7, 11) is 1.59. The molecule has 0 bridgehead atoms. The molecule has 4 rings (SSSR count). The molecule has 0 saturated carbocycles. The summed E-state index contributed by atoms with van der Waals surface area (Å²) in [5.41, 5.74) is 1.67. The number of carbonyl (C=O) groups is 2. The van der Waals surface area contributed by atoms with Gasteiger partial charge in [-0.1, -0.05) is 23.5 Å². The van der Waals surface area contributed by atoms with Crippen LogP contribution in [0, 0.1) is 5.92 Å². The number of rotatable bonds is 5. The number of nitrogens with zero attached hydrogens (tertiary/aromatic N) is 3. The van der Waals surface area contributed by atoms with Crippen molar-refractivity contribution in [1.82, 2.24) is 15.3 Å². The molecule has 0 aliphatic carbocycles. The van der Waals surface area contributed by atoms with Crippen LogP contribution in [0.2, 0.25) is 0 Å². The molecule has 1 atom stereocenters. The van der Waals surface area contributed by atoms with Crippen LogP contribution in [0.4, 0.5) is 10.3 Å². The zero-order valence-corrected chi connectivity index (χ0v) is 17.1. The highest BCUT2D eigenvalue weighted by atomic mass is 32.1. The number of likely N-dealkylation sites (N-methyl/N-ethyl adjacent to an activating group) is 1. The molecule has 3 aromatic rings. The van der Waals surface area contributed by atoms with E-state index in [0.717, 1.165) is 34.7 Å². The van der Waals surface area contributed by atoms with E-state index < -0.39 is 0 Å². The number of hydrogen-bond acceptors (Lipinski definition) is 7. The first-order valence-corrected chi connectivity index (χ1v) is 10.9. The fraction of sp³-hybridized carbons (Fsp3) is 0.368. The highest BCUT2D eigenvalue weighted by Crippen LogP contribution is 2.31. The van der Waals surface area contributed by atoms with Gasteiger partial charge >= 0.3 is 0 Å². The van der Waals surface area contributed by atoms with Crippen LogP contribution in [0.3, 0.4) is 0 Å². The summed E-state index contributed by atoms with van der Waals surface area (Å²) in [6.07, 6.45) is 2.02. The molecule has 1 aliphatic heterocycles. The third kappa shape index (κ3) is 4.15. The molecule has 1 unspecified atom stereocenters. The molecule has 28 heavy (non-hydrogen) atoms. The number of carbonyl (C=O) groups excluding carboxylic acids is 2. The van der Waals surface area contributed by atoms with Crippen molar-refractivity contribution in [3.63, 3.8) is 0 Å². The number of piperidine rings is 1. The highest BCUT2D eigenvalue weighted by Gasteiger charge is 2.28. The van der Waals surface area contributed by atoms with Crippen molar-refractivity contribution in [2.24, 2.45) is 5.92 Å². The lowest BCUT2D eigenvalue weighted by Gasteiger charge is -2.31. The predicted molar refractivity (Wildman–Crippen MR) is 113 cm³/mol. The van der Waals surface area contributed by atoms with Gasteiger partial charge in [0.05, 0.1) is 28.2 Å². The van der Waals surface area contributed by atoms with Gasteiger partial charge in [0.25, 0.3) is 0 Å². The Bertz CT molecular complexity index is 966. The van der Waals surface area contributed by atoms with Gasteiger partial charge in [0.1, 0.15) is 0 Å². The highest BCUT2D eigenvalue weighted by molar-refractivity contribution is 7.22. The maximum atomic E-state index is 12.7. The predicted octanol–water partition coefficient (Wildman–Crippen LogP) is 2.90. The average molecular weight is 416 g/mol. The molecule has 1 aliphatic rings. The molecular formula is C19H21N5O2S2. The van der Waals surface area contributed by atoms with E-state index in [9.17, 15) is 9.59 Å².